The summed E-state index contributed by atoms with van der Waals surface area (Å²) in [7, 11) is -7.58. The standard InChI is InChI=1S/C22H20N4O6S2/c1-33(29,30)24-17-13-11-16(12-14-17)20-15-22(19-9-5-6-10-21(19)26(27)28)25(23-20)34(31,32)18-7-3-2-4-8-18/h2-14,22,24H,15H2,1H3/t22-/m0/s1. The average Bonchev–Trinajstić information content (AvgIpc) is 3.25. The van der Waals surface area contributed by atoms with E-state index >= 15 is 0 Å². The Balaban J connectivity index is 1.79. The maximum absolute atomic E-state index is 13.5. The number of para-hydroxylation sites is 1. The van der Waals surface area contributed by atoms with E-state index < -0.39 is 31.0 Å². The van der Waals surface area contributed by atoms with Crippen LogP contribution in [0.1, 0.15) is 23.6 Å². The van der Waals surface area contributed by atoms with E-state index in [0.29, 0.717) is 17.0 Å². The second-order valence-corrected chi connectivity index (χ2v) is 11.2. The fourth-order valence-electron chi connectivity index (χ4n) is 3.70. The van der Waals surface area contributed by atoms with Crippen molar-refractivity contribution in [2.24, 2.45) is 5.10 Å². The first-order chi connectivity index (χ1) is 16.1. The summed E-state index contributed by atoms with van der Waals surface area (Å²) in [6, 6.07) is 19.1. The number of nitro benzene ring substituents is 1. The van der Waals surface area contributed by atoms with Gasteiger partial charge in [-0.3, -0.25) is 14.8 Å². The van der Waals surface area contributed by atoms with Crippen molar-refractivity contribution in [2.75, 3.05) is 11.0 Å². The van der Waals surface area contributed by atoms with Crippen LogP contribution in [0.2, 0.25) is 0 Å². The normalized spacial score (nSPS) is 16.2. The predicted octanol–water partition coefficient (Wildman–Crippen LogP) is 3.51. The van der Waals surface area contributed by atoms with E-state index in [4.69, 9.17) is 0 Å². The highest BCUT2D eigenvalue weighted by atomic mass is 32.2. The topological polar surface area (TPSA) is 139 Å². The Kier molecular flexibility index (Phi) is 6.11. The summed E-state index contributed by atoms with van der Waals surface area (Å²) >= 11 is 0. The van der Waals surface area contributed by atoms with Gasteiger partial charge in [0.15, 0.2) is 0 Å². The summed E-state index contributed by atoms with van der Waals surface area (Å²) in [6.45, 7) is 0. The molecule has 3 aromatic rings. The maximum Gasteiger partial charge on any atom is 0.279 e. The largest absolute Gasteiger partial charge is 0.284 e. The second-order valence-electron chi connectivity index (χ2n) is 7.62. The lowest BCUT2D eigenvalue weighted by Gasteiger charge is -2.23. The number of benzene rings is 3. The second kappa shape index (κ2) is 8.88. The highest BCUT2D eigenvalue weighted by molar-refractivity contribution is 7.92. The van der Waals surface area contributed by atoms with Crippen LogP contribution in [0.4, 0.5) is 11.4 Å². The molecule has 0 saturated heterocycles. The van der Waals surface area contributed by atoms with E-state index in [-0.39, 0.29) is 22.6 Å². The lowest BCUT2D eigenvalue weighted by molar-refractivity contribution is -0.385. The van der Waals surface area contributed by atoms with Gasteiger partial charge in [0.1, 0.15) is 6.04 Å². The lowest BCUT2D eigenvalue weighted by atomic mass is 9.98. The van der Waals surface area contributed by atoms with Crippen LogP contribution in [0.15, 0.2) is 88.9 Å². The molecular weight excluding hydrogens is 480 g/mol. The molecule has 3 aromatic carbocycles. The molecular formula is C22H20N4O6S2. The van der Waals surface area contributed by atoms with Gasteiger partial charge in [0.2, 0.25) is 10.0 Å². The summed E-state index contributed by atoms with van der Waals surface area (Å²) in [5.74, 6) is 0. The van der Waals surface area contributed by atoms with Gasteiger partial charge in [0.25, 0.3) is 15.7 Å². The maximum atomic E-state index is 13.5. The highest BCUT2D eigenvalue weighted by Gasteiger charge is 2.40. The molecule has 0 saturated carbocycles. The minimum atomic E-state index is -4.12. The first kappa shape index (κ1) is 23.4. The average molecular weight is 501 g/mol. The lowest BCUT2D eigenvalue weighted by Crippen LogP contribution is -2.27. The fraction of sp³-hybridized carbons (Fsp3) is 0.136. The number of nitrogens with one attached hydrogen (secondary N) is 1. The fourth-order valence-corrected chi connectivity index (χ4v) is 5.71. The minimum absolute atomic E-state index is 0.0104. The van der Waals surface area contributed by atoms with Crippen LogP contribution in [-0.2, 0) is 20.0 Å². The van der Waals surface area contributed by atoms with Gasteiger partial charge < -0.3 is 0 Å². The summed E-state index contributed by atoms with van der Waals surface area (Å²) in [5.41, 5.74) is 1.32. The minimum Gasteiger partial charge on any atom is -0.284 e. The van der Waals surface area contributed by atoms with E-state index in [9.17, 15) is 26.9 Å². The highest BCUT2D eigenvalue weighted by Crippen LogP contribution is 2.40. The van der Waals surface area contributed by atoms with Gasteiger partial charge in [-0.1, -0.05) is 42.5 Å². The molecule has 0 amide bonds. The molecule has 0 aromatic heterocycles. The Morgan fingerprint density at radius 1 is 0.941 bits per heavy atom. The Morgan fingerprint density at radius 2 is 1.56 bits per heavy atom. The zero-order valence-electron chi connectivity index (χ0n) is 17.9. The molecule has 1 aliphatic heterocycles. The zero-order valence-corrected chi connectivity index (χ0v) is 19.5. The van der Waals surface area contributed by atoms with Crippen LogP contribution in [0.3, 0.4) is 0 Å². The Morgan fingerprint density at radius 3 is 2.18 bits per heavy atom. The van der Waals surface area contributed by atoms with E-state index in [1.807, 2.05) is 0 Å². The molecule has 1 atom stereocenters. The van der Waals surface area contributed by atoms with E-state index in [1.165, 1.54) is 42.5 Å². The molecule has 1 aliphatic rings. The quantitative estimate of drug-likeness (QED) is 0.389. The van der Waals surface area contributed by atoms with Crippen LogP contribution in [0, 0.1) is 10.1 Å². The van der Waals surface area contributed by atoms with Crippen molar-refractivity contribution in [1.29, 1.82) is 0 Å². The van der Waals surface area contributed by atoms with Crippen molar-refractivity contribution in [1.82, 2.24) is 4.41 Å². The molecule has 34 heavy (non-hydrogen) atoms. The number of hydrazone groups is 1. The number of hydrogen-bond donors (Lipinski definition) is 1. The summed E-state index contributed by atoms with van der Waals surface area (Å²) in [4.78, 5) is 11.1. The first-order valence-corrected chi connectivity index (χ1v) is 13.4. The van der Waals surface area contributed by atoms with Gasteiger partial charge >= 0.3 is 0 Å². The van der Waals surface area contributed by atoms with Crippen LogP contribution in [0.5, 0.6) is 0 Å². The molecule has 0 fully saturated rings. The molecule has 176 valence electrons. The molecule has 0 unspecified atom stereocenters. The van der Waals surface area contributed by atoms with Crippen molar-refractivity contribution in [3.8, 4) is 0 Å². The summed E-state index contributed by atoms with van der Waals surface area (Å²) in [6.07, 6.45) is 1.13. The van der Waals surface area contributed by atoms with Gasteiger partial charge in [-0.2, -0.15) is 17.9 Å². The summed E-state index contributed by atoms with van der Waals surface area (Å²) in [5, 5.41) is 16.0. The molecule has 1 heterocycles. The van der Waals surface area contributed by atoms with Crippen LogP contribution < -0.4 is 4.72 Å². The number of rotatable bonds is 7. The third kappa shape index (κ3) is 4.77. The summed E-state index contributed by atoms with van der Waals surface area (Å²) < 4.78 is 53.1. The molecule has 0 aliphatic carbocycles. The third-order valence-corrected chi connectivity index (χ3v) is 7.48. The van der Waals surface area contributed by atoms with Gasteiger partial charge in [-0.05, 0) is 35.9 Å². The molecule has 0 spiro atoms. The Bertz CT molecular complexity index is 1470. The van der Waals surface area contributed by atoms with Crippen molar-refractivity contribution in [3.05, 3.63) is 100 Å². The van der Waals surface area contributed by atoms with Crippen LogP contribution in [-0.4, -0.2) is 38.1 Å². The SMILES string of the molecule is CS(=O)(=O)Nc1ccc(C2=NN(S(=O)(=O)c3ccccc3)[C@H](c3ccccc3[N+](=O)[O-])C2)cc1. The molecule has 4 rings (SSSR count). The molecule has 12 heteroatoms. The van der Waals surface area contributed by atoms with Gasteiger partial charge in [0.05, 0.1) is 27.3 Å². The van der Waals surface area contributed by atoms with Crippen molar-refractivity contribution in [3.63, 3.8) is 0 Å². The number of sulfonamides is 2. The van der Waals surface area contributed by atoms with E-state index in [2.05, 4.69) is 9.82 Å². The van der Waals surface area contributed by atoms with Gasteiger partial charge in [-0.15, -0.1) is 0 Å². The number of anilines is 1. The van der Waals surface area contributed by atoms with Crippen molar-refractivity contribution < 1.29 is 21.8 Å². The molecule has 0 radical (unpaired) electrons. The molecule has 10 nitrogen and oxygen atoms in total. The number of nitrogens with zero attached hydrogens (tertiary/aromatic N) is 3. The monoisotopic (exact) mass is 500 g/mol. The van der Waals surface area contributed by atoms with Crippen LogP contribution in [0.25, 0.3) is 0 Å². The van der Waals surface area contributed by atoms with Gasteiger partial charge in [0, 0.05) is 18.2 Å². The van der Waals surface area contributed by atoms with Gasteiger partial charge in [-0.25, -0.2) is 8.42 Å². The zero-order chi connectivity index (χ0) is 24.5. The molecule has 1 N–H and O–H groups in total. The Hall–Kier alpha value is -3.77. The third-order valence-electron chi connectivity index (χ3n) is 5.17. The Labute approximate surface area is 196 Å². The smallest absolute Gasteiger partial charge is 0.279 e. The van der Waals surface area contributed by atoms with Crippen molar-refractivity contribution >= 4 is 37.1 Å². The number of nitro groups is 1. The van der Waals surface area contributed by atoms with E-state index in [1.54, 1.807) is 36.4 Å². The van der Waals surface area contributed by atoms with Crippen LogP contribution >= 0.6 is 0 Å². The number of hydrogen-bond acceptors (Lipinski definition) is 7. The van der Waals surface area contributed by atoms with E-state index in [0.717, 1.165) is 10.7 Å². The van der Waals surface area contributed by atoms with Crippen molar-refractivity contribution in [2.45, 2.75) is 17.4 Å². The predicted molar refractivity (Wildman–Crippen MR) is 127 cm³/mol. The molecule has 0 bridgehead atoms. The first-order valence-electron chi connectivity index (χ1n) is 10.0.